The smallest absolute Gasteiger partial charge is 0.422 e. The van der Waals surface area contributed by atoms with Crippen molar-refractivity contribution >= 4 is 35.8 Å². The average Bonchev–Trinajstić information content (AvgIpc) is 3.42. The van der Waals surface area contributed by atoms with Crippen LogP contribution in [0, 0.1) is 5.92 Å². The van der Waals surface area contributed by atoms with Crippen molar-refractivity contribution in [2.75, 3.05) is 26.2 Å². The topological polar surface area (TPSA) is 78.9 Å². The van der Waals surface area contributed by atoms with E-state index in [4.69, 9.17) is 4.74 Å². The molecule has 0 aromatic carbocycles. The lowest BCUT2D eigenvalue weighted by molar-refractivity contribution is -0.154. The molecule has 1 aromatic rings. The summed E-state index contributed by atoms with van der Waals surface area (Å²) in [5.74, 6) is 0.977. The first-order chi connectivity index (χ1) is 14.8. The number of alkyl halides is 3. The first-order valence-electron chi connectivity index (χ1n) is 10.8. The molecule has 2 heterocycles. The van der Waals surface area contributed by atoms with E-state index in [0.717, 1.165) is 38.6 Å². The third kappa shape index (κ3) is 8.28. The van der Waals surface area contributed by atoms with Crippen LogP contribution >= 0.6 is 24.0 Å². The molecule has 7 nitrogen and oxygen atoms in total. The van der Waals surface area contributed by atoms with Crippen molar-refractivity contribution in [3.8, 4) is 5.88 Å². The number of guanidine groups is 1. The number of pyridine rings is 1. The number of rotatable bonds is 7. The van der Waals surface area contributed by atoms with Crippen molar-refractivity contribution in [2.45, 2.75) is 57.8 Å². The summed E-state index contributed by atoms with van der Waals surface area (Å²) in [4.78, 5) is 22.9. The molecular weight excluding hydrogens is 538 g/mol. The van der Waals surface area contributed by atoms with Gasteiger partial charge in [-0.2, -0.15) is 13.2 Å². The van der Waals surface area contributed by atoms with Crippen LogP contribution in [0.2, 0.25) is 0 Å². The molecule has 1 aliphatic heterocycles. The molecule has 1 amide bonds. The highest BCUT2D eigenvalue weighted by Crippen LogP contribution is 2.27. The standard InChI is InChI=1S/C21H30F3N5O2.HI/c1-2-25-20(27-12-15-7-9-26-18(11-15)31-14-21(22,23)24)28-17-8-10-29(13-17)19(30)16-5-3-4-6-16;/h7,9,11,16-17H,2-6,8,10,12-14H2,1H3,(H2,25,27,28);1H. The Morgan fingerprint density at radius 2 is 2.06 bits per heavy atom. The van der Waals surface area contributed by atoms with E-state index in [1.807, 2.05) is 11.8 Å². The zero-order chi connectivity index (χ0) is 22.3. The second-order valence-electron chi connectivity index (χ2n) is 8.00. The van der Waals surface area contributed by atoms with Gasteiger partial charge in [0.15, 0.2) is 12.6 Å². The summed E-state index contributed by atoms with van der Waals surface area (Å²) in [6.07, 6.45) is 2.12. The normalized spacial score (nSPS) is 19.6. The molecule has 1 aliphatic carbocycles. The monoisotopic (exact) mass is 569 g/mol. The van der Waals surface area contributed by atoms with Gasteiger partial charge in [-0.25, -0.2) is 9.98 Å². The molecule has 1 saturated carbocycles. The number of hydrogen-bond acceptors (Lipinski definition) is 4. The van der Waals surface area contributed by atoms with Gasteiger partial charge in [-0.1, -0.05) is 12.8 Å². The van der Waals surface area contributed by atoms with Gasteiger partial charge in [-0.3, -0.25) is 4.79 Å². The Hall–Kier alpha value is -1.79. The summed E-state index contributed by atoms with van der Waals surface area (Å²) in [6, 6.07) is 3.26. The van der Waals surface area contributed by atoms with Gasteiger partial charge in [0.2, 0.25) is 11.8 Å². The number of carbonyl (C=O) groups excluding carboxylic acids is 1. The Labute approximate surface area is 203 Å². The van der Waals surface area contributed by atoms with Gasteiger partial charge in [-0.05, 0) is 37.8 Å². The van der Waals surface area contributed by atoms with Gasteiger partial charge < -0.3 is 20.3 Å². The number of nitrogens with one attached hydrogen (secondary N) is 2. The van der Waals surface area contributed by atoms with Gasteiger partial charge in [0.25, 0.3) is 0 Å². The Morgan fingerprint density at radius 3 is 2.75 bits per heavy atom. The number of amides is 1. The maximum atomic E-state index is 12.6. The van der Waals surface area contributed by atoms with E-state index < -0.39 is 12.8 Å². The Balaban J connectivity index is 0.00000363. The summed E-state index contributed by atoms with van der Waals surface area (Å²) in [7, 11) is 0. The zero-order valence-electron chi connectivity index (χ0n) is 18.2. The molecule has 1 unspecified atom stereocenters. The van der Waals surface area contributed by atoms with Gasteiger partial charge in [-0.15, -0.1) is 24.0 Å². The molecule has 0 bridgehead atoms. The van der Waals surface area contributed by atoms with Crippen LogP contribution in [0.1, 0.15) is 44.6 Å². The number of halogens is 4. The van der Waals surface area contributed by atoms with E-state index in [1.165, 1.54) is 12.3 Å². The number of aromatic nitrogens is 1. The Bertz CT molecular complexity index is 772. The van der Waals surface area contributed by atoms with Gasteiger partial charge in [0.05, 0.1) is 6.54 Å². The van der Waals surface area contributed by atoms with Crippen LogP contribution in [0.15, 0.2) is 23.3 Å². The highest BCUT2D eigenvalue weighted by Gasteiger charge is 2.32. The van der Waals surface area contributed by atoms with Crippen LogP contribution < -0.4 is 15.4 Å². The Kier molecular flexibility index (Phi) is 10.3. The highest BCUT2D eigenvalue weighted by atomic mass is 127. The number of nitrogens with zero attached hydrogens (tertiary/aromatic N) is 3. The largest absolute Gasteiger partial charge is 0.468 e. The van der Waals surface area contributed by atoms with Crippen LogP contribution in [-0.4, -0.2) is 60.2 Å². The molecule has 3 rings (SSSR count). The van der Waals surface area contributed by atoms with Crippen molar-refractivity contribution in [3.05, 3.63) is 23.9 Å². The summed E-state index contributed by atoms with van der Waals surface area (Å²) in [5.41, 5.74) is 0.689. The van der Waals surface area contributed by atoms with Crippen LogP contribution in [-0.2, 0) is 11.3 Å². The molecule has 180 valence electrons. The average molecular weight is 569 g/mol. The van der Waals surface area contributed by atoms with Crippen molar-refractivity contribution < 1.29 is 22.7 Å². The van der Waals surface area contributed by atoms with Gasteiger partial charge in [0, 0.05) is 43.9 Å². The fraction of sp³-hybridized carbons (Fsp3) is 0.667. The number of ether oxygens (including phenoxy) is 1. The molecule has 1 atom stereocenters. The minimum absolute atomic E-state index is 0. The van der Waals surface area contributed by atoms with Crippen LogP contribution in [0.3, 0.4) is 0 Å². The minimum atomic E-state index is -4.41. The fourth-order valence-corrected chi connectivity index (χ4v) is 3.98. The quantitative estimate of drug-likeness (QED) is 0.299. The van der Waals surface area contributed by atoms with E-state index in [9.17, 15) is 18.0 Å². The van der Waals surface area contributed by atoms with E-state index in [2.05, 4.69) is 20.6 Å². The van der Waals surface area contributed by atoms with Crippen molar-refractivity contribution in [1.82, 2.24) is 20.5 Å². The number of likely N-dealkylation sites (tertiary alicyclic amines) is 1. The van der Waals surface area contributed by atoms with Crippen LogP contribution in [0.4, 0.5) is 13.2 Å². The number of hydrogen-bond donors (Lipinski definition) is 2. The summed E-state index contributed by atoms with van der Waals surface area (Å²) >= 11 is 0. The lowest BCUT2D eigenvalue weighted by Crippen LogP contribution is -2.45. The predicted molar refractivity (Wildman–Crippen MR) is 126 cm³/mol. The highest BCUT2D eigenvalue weighted by molar-refractivity contribution is 14.0. The van der Waals surface area contributed by atoms with Gasteiger partial charge in [0.1, 0.15) is 0 Å². The first kappa shape index (κ1) is 26.5. The molecule has 2 fully saturated rings. The van der Waals surface area contributed by atoms with Crippen molar-refractivity contribution in [3.63, 3.8) is 0 Å². The summed E-state index contributed by atoms with van der Waals surface area (Å²) in [6.45, 7) is 2.91. The van der Waals surface area contributed by atoms with Crippen LogP contribution in [0.25, 0.3) is 0 Å². The molecule has 2 aliphatic rings. The van der Waals surface area contributed by atoms with E-state index >= 15 is 0 Å². The fourth-order valence-electron chi connectivity index (χ4n) is 3.98. The number of carbonyl (C=O) groups is 1. The molecule has 0 radical (unpaired) electrons. The zero-order valence-corrected chi connectivity index (χ0v) is 20.5. The third-order valence-corrected chi connectivity index (χ3v) is 5.49. The lowest BCUT2D eigenvalue weighted by atomic mass is 10.1. The molecular formula is C21H31F3IN5O2. The molecule has 32 heavy (non-hydrogen) atoms. The summed E-state index contributed by atoms with van der Waals surface area (Å²) < 4.78 is 41.7. The maximum Gasteiger partial charge on any atom is 0.422 e. The predicted octanol–water partition coefficient (Wildman–Crippen LogP) is 3.49. The molecule has 0 spiro atoms. The van der Waals surface area contributed by atoms with E-state index in [0.29, 0.717) is 24.6 Å². The maximum absolute atomic E-state index is 12.6. The summed E-state index contributed by atoms with van der Waals surface area (Å²) in [5, 5.41) is 6.55. The second-order valence-corrected chi connectivity index (χ2v) is 8.00. The SMILES string of the molecule is CCNC(=NCc1ccnc(OCC(F)(F)F)c1)NC1CCN(C(=O)C2CCCC2)C1.I. The van der Waals surface area contributed by atoms with E-state index in [1.54, 1.807) is 6.07 Å². The molecule has 1 saturated heterocycles. The number of aliphatic imine (C=N–C) groups is 1. The van der Waals surface area contributed by atoms with Crippen LogP contribution in [0.5, 0.6) is 5.88 Å². The first-order valence-corrected chi connectivity index (χ1v) is 10.8. The van der Waals surface area contributed by atoms with Gasteiger partial charge >= 0.3 is 6.18 Å². The molecule has 11 heteroatoms. The lowest BCUT2D eigenvalue weighted by Gasteiger charge is -2.21. The van der Waals surface area contributed by atoms with Crippen molar-refractivity contribution in [1.29, 1.82) is 0 Å². The van der Waals surface area contributed by atoms with Crippen molar-refractivity contribution in [2.24, 2.45) is 10.9 Å². The van der Waals surface area contributed by atoms with E-state index in [-0.39, 0.29) is 54.3 Å². The third-order valence-electron chi connectivity index (χ3n) is 5.49. The Morgan fingerprint density at radius 1 is 1.31 bits per heavy atom. The molecule has 1 aromatic heterocycles. The second kappa shape index (κ2) is 12.4. The minimum Gasteiger partial charge on any atom is -0.468 e. The molecule has 2 N–H and O–H groups in total.